The molecule has 3 unspecified atom stereocenters. The van der Waals surface area contributed by atoms with Gasteiger partial charge in [-0.05, 0) is 37.3 Å². The van der Waals surface area contributed by atoms with Crippen molar-refractivity contribution < 1.29 is 22.7 Å². The van der Waals surface area contributed by atoms with Gasteiger partial charge in [0.05, 0.1) is 6.26 Å². The van der Waals surface area contributed by atoms with Crippen molar-refractivity contribution in [2.45, 2.75) is 49.1 Å². The number of rotatable bonds is 3. The van der Waals surface area contributed by atoms with Gasteiger partial charge >= 0.3 is 5.97 Å². The lowest BCUT2D eigenvalue weighted by Gasteiger charge is -2.32. The first-order valence-corrected chi connectivity index (χ1v) is 9.67. The molecule has 1 aliphatic heterocycles. The normalized spacial score (nSPS) is 28.1. The van der Waals surface area contributed by atoms with Gasteiger partial charge in [-0.2, -0.15) is 4.31 Å². The maximum Gasteiger partial charge on any atom is 0.322 e. The number of carboxylic acid groups (broad SMARTS) is 1. The van der Waals surface area contributed by atoms with Crippen LogP contribution in [0.2, 0.25) is 0 Å². The van der Waals surface area contributed by atoms with Crippen LogP contribution in [0.4, 0.5) is 0 Å². The fourth-order valence-electron chi connectivity index (χ4n) is 4.26. The van der Waals surface area contributed by atoms with E-state index in [-0.39, 0.29) is 16.9 Å². The second-order valence-electron chi connectivity index (χ2n) is 6.63. The lowest BCUT2D eigenvalue weighted by Crippen LogP contribution is -2.46. The Morgan fingerprint density at radius 2 is 2.00 bits per heavy atom. The molecular formula is C17H19NO5S. The minimum absolute atomic E-state index is 0.0578. The number of aliphatic carboxylic acids is 1. The van der Waals surface area contributed by atoms with Crippen LogP contribution in [0.3, 0.4) is 0 Å². The molecule has 1 saturated carbocycles. The average Bonchev–Trinajstić information content (AvgIpc) is 3.18. The molecule has 3 atom stereocenters. The summed E-state index contributed by atoms with van der Waals surface area (Å²) in [6.07, 6.45) is 5.44. The van der Waals surface area contributed by atoms with Crippen LogP contribution in [0.25, 0.3) is 11.0 Å². The van der Waals surface area contributed by atoms with Gasteiger partial charge in [-0.25, -0.2) is 8.42 Å². The van der Waals surface area contributed by atoms with E-state index in [4.69, 9.17) is 4.42 Å². The molecule has 1 saturated heterocycles. The predicted molar refractivity (Wildman–Crippen MR) is 87.0 cm³/mol. The summed E-state index contributed by atoms with van der Waals surface area (Å²) in [5, 5.41) is 10.3. The Kier molecular flexibility index (Phi) is 3.65. The number of nitrogens with zero attached hydrogens (tertiary/aromatic N) is 1. The maximum atomic E-state index is 13.3. The molecule has 0 spiro atoms. The summed E-state index contributed by atoms with van der Waals surface area (Å²) in [5.41, 5.74) is 0.292. The van der Waals surface area contributed by atoms with Crippen molar-refractivity contribution in [2.24, 2.45) is 5.92 Å². The number of carbonyl (C=O) groups is 1. The number of fused-ring (bicyclic) bond motifs is 2. The number of benzene rings is 1. The smallest absolute Gasteiger partial charge is 0.322 e. The van der Waals surface area contributed by atoms with Gasteiger partial charge < -0.3 is 9.52 Å². The monoisotopic (exact) mass is 349 g/mol. The fourth-order valence-corrected chi connectivity index (χ4v) is 6.28. The van der Waals surface area contributed by atoms with Crippen LogP contribution in [0, 0.1) is 5.92 Å². The van der Waals surface area contributed by atoms with Crippen LogP contribution in [0.5, 0.6) is 0 Å². The third-order valence-corrected chi connectivity index (χ3v) is 7.27. The van der Waals surface area contributed by atoms with Crippen LogP contribution in [0.15, 0.2) is 39.8 Å². The number of carboxylic acids is 1. The minimum Gasteiger partial charge on any atom is -0.480 e. The lowest BCUT2D eigenvalue weighted by atomic mass is 9.85. The molecule has 1 aromatic carbocycles. The number of sulfonamides is 1. The second kappa shape index (κ2) is 5.60. The molecule has 24 heavy (non-hydrogen) atoms. The highest BCUT2D eigenvalue weighted by Crippen LogP contribution is 2.43. The molecule has 2 aromatic rings. The summed E-state index contributed by atoms with van der Waals surface area (Å²) in [6, 6.07) is 5.42. The topological polar surface area (TPSA) is 87.8 Å². The molecule has 1 aliphatic carbocycles. The predicted octanol–water partition coefficient (Wildman–Crippen LogP) is 2.84. The lowest BCUT2D eigenvalue weighted by molar-refractivity contribution is -0.141. The molecule has 4 rings (SSSR count). The Labute approximate surface area is 140 Å². The van der Waals surface area contributed by atoms with Crippen molar-refractivity contribution in [1.82, 2.24) is 4.31 Å². The first kappa shape index (κ1) is 15.7. The Balaban J connectivity index is 1.84. The first-order chi connectivity index (χ1) is 11.5. The number of hydrogen-bond donors (Lipinski definition) is 1. The van der Waals surface area contributed by atoms with Gasteiger partial charge in [-0.1, -0.05) is 25.0 Å². The zero-order chi connectivity index (χ0) is 16.9. The highest BCUT2D eigenvalue weighted by Gasteiger charge is 2.51. The van der Waals surface area contributed by atoms with Crippen molar-refractivity contribution in [3.63, 3.8) is 0 Å². The highest BCUT2D eigenvalue weighted by atomic mass is 32.2. The number of furan rings is 1. The standard InChI is InChI=1S/C17H19NO5S/c19-17(20)14-10-12-4-1-2-6-13(12)18(14)24(21,22)15-7-3-5-11-8-9-23-16(11)15/h3,5,7-9,12-14H,1-2,4,6,10H2,(H,19,20). The van der Waals surface area contributed by atoms with Gasteiger partial charge in [0.15, 0.2) is 5.58 Å². The summed E-state index contributed by atoms with van der Waals surface area (Å²) in [5.74, 6) is -0.940. The first-order valence-electron chi connectivity index (χ1n) is 8.23. The Hall–Kier alpha value is -1.86. The van der Waals surface area contributed by atoms with E-state index in [9.17, 15) is 18.3 Å². The van der Waals surface area contributed by atoms with Crippen LogP contribution in [0.1, 0.15) is 32.1 Å². The summed E-state index contributed by atoms with van der Waals surface area (Å²) in [6.45, 7) is 0. The van der Waals surface area contributed by atoms with E-state index in [1.54, 1.807) is 18.2 Å². The van der Waals surface area contributed by atoms with Crippen LogP contribution in [-0.2, 0) is 14.8 Å². The molecule has 2 heterocycles. The van der Waals surface area contributed by atoms with Crippen molar-refractivity contribution in [2.75, 3.05) is 0 Å². The number of hydrogen-bond acceptors (Lipinski definition) is 4. The summed E-state index contributed by atoms with van der Waals surface area (Å²) < 4.78 is 33.3. The molecule has 0 amide bonds. The van der Waals surface area contributed by atoms with Gasteiger partial charge in [-0.3, -0.25) is 4.79 Å². The SMILES string of the molecule is O=C(O)C1CC2CCCCC2N1S(=O)(=O)c1cccc2ccoc12. The van der Waals surface area contributed by atoms with Crippen molar-refractivity contribution in [3.8, 4) is 0 Å². The molecule has 7 heteroatoms. The summed E-state index contributed by atoms with van der Waals surface area (Å²) >= 11 is 0. The van der Waals surface area contributed by atoms with E-state index in [0.717, 1.165) is 25.7 Å². The van der Waals surface area contributed by atoms with Gasteiger partial charge in [0.2, 0.25) is 10.0 Å². The average molecular weight is 349 g/mol. The van der Waals surface area contributed by atoms with E-state index < -0.39 is 22.0 Å². The van der Waals surface area contributed by atoms with E-state index in [1.807, 2.05) is 0 Å². The van der Waals surface area contributed by atoms with Gasteiger partial charge in [0.1, 0.15) is 10.9 Å². The highest BCUT2D eigenvalue weighted by molar-refractivity contribution is 7.89. The molecule has 1 N–H and O–H groups in total. The Bertz CT molecular complexity index is 887. The largest absolute Gasteiger partial charge is 0.480 e. The van der Waals surface area contributed by atoms with Crippen LogP contribution < -0.4 is 0 Å². The molecule has 0 bridgehead atoms. The molecule has 6 nitrogen and oxygen atoms in total. The van der Waals surface area contributed by atoms with Crippen LogP contribution in [-0.4, -0.2) is 35.9 Å². The van der Waals surface area contributed by atoms with Gasteiger partial charge in [0, 0.05) is 11.4 Å². The second-order valence-corrected chi connectivity index (χ2v) is 8.44. The fraction of sp³-hybridized carbons (Fsp3) is 0.471. The maximum absolute atomic E-state index is 13.3. The van der Waals surface area contributed by atoms with Gasteiger partial charge in [0.25, 0.3) is 0 Å². The molecule has 1 aromatic heterocycles. The van der Waals surface area contributed by atoms with E-state index in [2.05, 4.69) is 0 Å². The zero-order valence-corrected chi connectivity index (χ0v) is 13.9. The van der Waals surface area contributed by atoms with E-state index in [0.29, 0.717) is 17.4 Å². The number of para-hydroxylation sites is 1. The molecule has 0 radical (unpaired) electrons. The zero-order valence-electron chi connectivity index (χ0n) is 13.1. The van der Waals surface area contributed by atoms with Crippen LogP contribution >= 0.6 is 0 Å². The Morgan fingerprint density at radius 3 is 2.79 bits per heavy atom. The van der Waals surface area contributed by atoms with Crippen molar-refractivity contribution >= 4 is 27.0 Å². The summed E-state index contributed by atoms with van der Waals surface area (Å²) in [7, 11) is -3.94. The summed E-state index contributed by atoms with van der Waals surface area (Å²) in [4.78, 5) is 11.8. The third-order valence-electron chi connectivity index (χ3n) is 5.31. The quantitative estimate of drug-likeness (QED) is 0.920. The molecule has 2 fully saturated rings. The Morgan fingerprint density at radius 1 is 1.21 bits per heavy atom. The van der Waals surface area contributed by atoms with E-state index in [1.165, 1.54) is 16.6 Å². The third kappa shape index (κ3) is 2.26. The molecule has 2 aliphatic rings. The van der Waals surface area contributed by atoms with Gasteiger partial charge in [-0.15, -0.1) is 0 Å². The minimum atomic E-state index is -3.94. The molecule has 128 valence electrons. The van der Waals surface area contributed by atoms with Crippen molar-refractivity contribution in [3.05, 3.63) is 30.5 Å². The van der Waals surface area contributed by atoms with Crippen molar-refractivity contribution in [1.29, 1.82) is 0 Å². The van der Waals surface area contributed by atoms with E-state index >= 15 is 0 Å². The molecular weight excluding hydrogens is 330 g/mol.